The Bertz CT molecular complexity index is 857. The molecule has 0 spiro atoms. The summed E-state index contributed by atoms with van der Waals surface area (Å²) >= 11 is 5.83. The molecule has 2 aromatic rings. The number of hydrogen-bond acceptors (Lipinski definition) is 5. The maximum atomic E-state index is 13.2. The number of benzene rings is 1. The summed E-state index contributed by atoms with van der Waals surface area (Å²) < 4.78 is 77.7. The molecule has 0 amide bonds. The van der Waals surface area contributed by atoms with Gasteiger partial charge >= 0.3 is 12.4 Å². The molecular weight excluding hydrogens is 426 g/mol. The van der Waals surface area contributed by atoms with Gasteiger partial charge in [-0.3, -0.25) is 0 Å². The molecule has 1 aromatic carbocycles. The summed E-state index contributed by atoms with van der Waals surface area (Å²) in [5.41, 5.74) is -2.35. The van der Waals surface area contributed by atoms with Crippen LogP contribution in [0.2, 0.25) is 5.02 Å². The minimum absolute atomic E-state index is 0.0694. The zero-order valence-corrected chi connectivity index (χ0v) is 15.9. The minimum atomic E-state index is -4.80. The van der Waals surface area contributed by atoms with Gasteiger partial charge in [-0.25, -0.2) is 4.98 Å². The van der Waals surface area contributed by atoms with E-state index in [0.29, 0.717) is 12.1 Å². The number of aliphatic hydroxyl groups excluding tert-OH is 1. The van der Waals surface area contributed by atoms with E-state index in [1.54, 1.807) is 13.8 Å². The highest BCUT2D eigenvalue weighted by Crippen LogP contribution is 2.35. The van der Waals surface area contributed by atoms with Crippen LogP contribution in [-0.4, -0.2) is 27.7 Å². The highest BCUT2D eigenvalue weighted by molar-refractivity contribution is 6.33. The van der Waals surface area contributed by atoms with E-state index < -0.39 is 35.6 Å². The molecular formula is C17H17ClF6N4O. The molecule has 160 valence electrons. The van der Waals surface area contributed by atoms with Gasteiger partial charge < -0.3 is 15.7 Å². The number of aromatic nitrogens is 2. The van der Waals surface area contributed by atoms with Crippen LogP contribution in [0.4, 0.5) is 43.8 Å². The maximum Gasteiger partial charge on any atom is 0.433 e. The van der Waals surface area contributed by atoms with Crippen molar-refractivity contribution in [3.8, 4) is 0 Å². The lowest BCUT2D eigenvalue weighted by Gasteiger charge is -2.21. The van der Waals surface area contributed by atoms with Gasteiger partial charge in [0, 0.05) is 6.07 Å². The monoisotopic (exact) mass is 442 g/mol. The van der Waals surface area contributed by atoms with Crippen LogP contribution in [0.5, 0.6) is 0 Å². The van der Waals surface area contributed by atoms with Gasteiger partial charge in [0.05, 0.1) is 28.9 Å². The third-order valence-corrected chi connectivity index (χ3v) is 4.20. The number of anilines is 3. The molecule has 5 nitrogen and oxygen atoms in total. The van der Waals surface area contributed by atoms with Crippen molar-refractivity contribution in [2.24, 2.45) is 5.92 Å². The Morgan fingerprint density at radius 2 is 1.69 bits per heavy atom. The van der Waals surface area contributed by atoms with Crippen molar-refractivity contribution < 1.29 is 31.4 Å². The molecule has 0 bridgehead atoms. The lowest BCUT2D eigenvalue weighted by atomic mass is 10.1. The Balaban J connectivity index is 2.40. The Morgan fingerprint density at radius 1 is 1.03 bits per heavy atom. The molecule has 0 saturated carbocycles. The van der Waals surface area contributed by atoms with Gasteiger partial charge in [-0.1, -0.05) is 25.4 Å². The second-order valence-corrected chi connectivity index (χ2v) is 6.86. The fourth-order valence-corrected chi connectivity index (χ4v) is 2.47. The van der Waals surface area contributed by atoms with Gasteiger partial charge in [0.2, 0.25) is 5.95 Å². The maximum absolute atomic E-state index is 13.2. The van der Waals surface area contributed by atoms with Crippen molar-refractivity contribution in [3.05, 3.63) is 40.5 Å². The number of rotatable bonds is 6. The first-order chi connectivity index (χ1) is 13.3. The summed E-state index contributed by atoms with van der Waals surface area (Å²) in [6.45, 7) is 3.11. The van der Waals surface area contributed by atoms with E-state index in [-0.39, 0.29) is 29.1 Å². The average Bonchev–Trinajstić information content (AvgIpc) is 2.59. The normalized spacial score (nSPS) is 13.5. The van der Waals surface area contributed by atoms with E-state index in [4.69, 9.17) is 11.6 Å². The Hall–Kier alpha value is -2.27. The number of nitrogens with one attached hydrogen (secondary N) is 2. The summed E-state index contributed by atoms with van der Waals surface area (Å²) in [5.74, 6) is -0.881. The molecule has 0 aliphatic carbocycles. The minimum Gasteiger partial charge on any atom is -0.394 e. The first-order valence-corrected chi connectivity index (χ1v) is 8.66. The summed E-state index contributed by atoms with van der Waals surface area (Å²) in [6, 6.07) is 2.36. The molecule has 1 aromatic heterocycles. The first kappa shape index (κ1) is 23.0. The van der Waals surface area contributed by atoms with Crippen LogP contribution in [0.1, 0.15) is 25.1 Å². The predicted octanol–water partition coefficient (Wildman–Crippen LogP) is 5.34. The largest absolute Gasteiger partial charge is 0.433 e. The zero-order valence-electron chi connectivity index (χ0n) is 15.2. The molecule has 0 aliphatic rings. The number of hydrogen-bond donors (Lipinski definition) is 3. The van der Waals surface area contributed by atoms with Gasteiger partial charge in [0.15, 0.2) is 5.69 Å². The van der Waals surface area contributed by atoms with Gasteiger partial charge in [-0.2, -0.15) is 31.3 Å². The highest BCUT2D eigenvalue weighted by Gasteiger charge is 2.34. The lowest BCUT2D eigenvalue weighted by molar-refractivity contribution is -0.141. The number of alkyl halides is 6. The van der Waals surface area contributed by atoms with Crippen LogP contribution in [0.25, 0.3) is 0 Å². The summed E-state index contributed by atoms with van der Waals surface area (Å²) in [6.07, 6.45) is -9.42. The zero-order chi connectivity index (χ0) is 22.0. The van der Waals surface area contributed by atoms with Crippen LogP contribution >= 0.6 is 11.6 Å². The van der Waals surface area contributed by atoms with E-state index in [9.17, 15) is 31.4 Å². The number of nitrogens with zero attached hydrogens (tertiary/aromatic N) is 2. The van der Waals surface area contributed by atoms with Crippen molar-refractivity contribution in [1.82, 2.24) is 9.97 Å². The topological polar surface area (TPSA) is 70.1 Å². The van der Waals surface area contributed by atoms with Crippen molar-refractivity contribution in [2.75, 3.05) is 17.2 Å². The molecule has 3 N–H and O–H groups in total. The smallest absolute Gasteiger partial charge is 0.394 e. The van der Waals surface area contributed by atoms with Crippen molar-refractivity contribution >= 4 is 29.1 Å². The first-order valence-electron chi connectivity index (χ1n) is 8.28. The number of halogens is 7. The fraction of sp³-hybridized carbons (Fsp3) is 0.412. The number of aliphatic hydroxyl groups is 1. The second kappa shape index (κ2) is 8.62. The average molecular weight is 443 g/mol. The molecule has 29 heavy (non-hydrogen) atoms. The lowest BCUT2D eigenvalue weighted by Crippen LogP contribution is -2.30. The van der Waals surface area contributed by atoms with Crippen LogP contribution < -0.4 is 10.6 Å². The standard InChI is InChI=1S/C17H17ClF6N4O/c1-8(2)12(7-29)26-15-27-13(17(22,23)24)6-14(28-15)25-11-4-3-9(5-10(11)18)16(19,20)21/h3-6,8,12,29H,7H2,1-2H3,(H2,25,26,27,28)/t12-/m0/s1. The Kier molecular flexibility index (Phi) is 6.84. The van der Waals surface area contributed by atoms with Gasteiger partial charge in [-0.15, -0.1) is 0 Å². The third kappa shape index (κ3) is 6.10. The van der Waals surface area contributed by atoms with Crippen molar-refractivity contribution in [2.45, 2.75) is 32.2 Å². The van der Waals surface area contributed by atoms with Crippen LogP contribution in [0, 0.1) is 5.92 Å². The van der Waals surface area contributed by atoms with E-state index in [2.05, 4.69) is 20.6 Å². The van der Waals surface area contributed by atoms with E-state index >= 15 is 0 Å². The highest BCUT2D eigenvalue weighted by atomic mass is 35.5. The molecule has 0 radical (unpaired) electrons. The molecule has 0 unspecified atom stereocenters. The van der Waals surface area contributed by atoms with Crippen LogP contribution in [0.15, 0.2) is 24.3 Å². The molecule has 1 heterocycles. The van der Waals surface area contributed by atoms with Gasteiger partial charge in [-0.05, 0) is 24.1 Å². The van der Waals surface area contributed by atoms with Crippen molar-refractivity contribution in [3.63, 3.8) is 0 Å². The molecule has 12 heteroatoms. The van der Waals surface area contributed by atoms with Gasteiger partial charge in [0.25, 0.3) is 0 Å². The molecule has 2 rings (SSSR count). The second-order valence-electron chi connectivity index (χ2n) is 6.45. The SMILES string of the molecule is CC(C)[C@H](CO)Nc1nc(Nc2ccc(C(F)(F)F)cc2Cl)cc(C(F)(F)F)n1. The molecule has 0 fully saturated rings. The summed E-state index contributed by atoms with van der Waals surface area (Å²) in [7, 11) is 0. The molecule has 0 aliphatic heterocycles. The van der Waals surface area contributed by atoms with E-state index in [1.165, 1.54) is 0 Å². The van der Waals surface area contributed by atoms with E-state index in [0.717, 1.165) is 12.1 Å². The van der Waals surface area contributed by atoms with Crippen molar-refractivity contribution in [1.29, 1.82) is 0 Å². The molecule has 1 atom stereocenters. The summed E-state index contributed by atoms with van der Waals surface area (Å²) in [4.78, 5) is 7.30. The molecule has 0 saturated heterocycles. The van der Waals surface area contributed by atoms with Crippen LogP contribution in [0.3, 0.4) is 0 Å². The van der Waals surface area contributed by atoms with Gasteiger partial charge in [0.1, 0.15) is 5.82 Å². The van der Waals surface area contributed by atoms with Crippen LogP contribution in [-0.2, 0) is 12.4 Å². The predicted molar refractivity (Wildman–Crippen MR) is 96.1 cm³/mol. The third-order valence-electron chi connectivity index (χ3n) is 3.89. The van der Waals surface area contributed by atoms with E-state index in [1.807, 2.05) is 0 Å². The fourth-order valence-electron chi connectivity index (χ4n) is 2.24. The quantitative estimate of drug-likeness (QED) is 0.527. The summed E-state index contributed by atoms with van der Waals surface area (Å²) in [5, 5.41) is 14.1. The Morgan fingerprint density at radius 3 is 2.17 bits per heavy atom. The Labute approximate surface area is 167 Å².